The number of aromatic nitrogens is 4. The van der Waals surface area contributed by atoms with Gasteiger partial charge in [-0.1, -0.05) is 65.4 Å². The number of thioether (sulfide) groups is 1. The molecule has 1 N–H and O–H groups in total. The number of ether oxygens (including phenoxy) is 1. The smallest absolute Gasteiger partial charge is 0.316 e. The summed E-state index contributed by atoms with van der Waals surface area (Å²) in [5, 5.41) is 15.3. The highest BCUT2D eigenvalue weighted by Gasteiger charge is 2.18. The van der Waals surface area contributed by atoms with Gasteiger partial charge in [0.25, 0.3) is 5.91 Å². The van der Waals surface area contributed by atoms with Crippen LogP contribution in [0.25, 0.3) is 17.1 Å². The Labute approximate surface area is 187 Å². The van der Waals surface area contributed by atoms with Crippen molar-refractivity contribution >= 4 is 29.5 Å². The van der Waals surface area contributed by atoms with Crippen molar-refractivity contribution in [2.75, 3.05) is 17.7 Å². The molecule has 0 unspecified atom stereocenters. The summed E-state index contributed by atoms with van der Waals surface area (Å²) in [6, 6.07) is 20.9. The van der Waals surface area contributed by atoms with E-state index in [2.05, 4.69) is 20.7 Å². The van der Waals surface area contributed by atoms with Crippen LogP contribution in [0.1, 0.15) is 5.76 Å². The molecule has 9 nitrogen and oxygen atoms in total. The number of nitrogens with zero attached hydrogens (tertiary/aromatic N) is 4. The SMILES string of the molecule is Cc1cc(NC(=O)COC(=O)CSc2nnc(-c3ccccc3)n2-c2ccccc2)no1. The minimum atomic E-state index is -0.551. The van der Waals surface area contributed by atoms with Crippen LogP contribution in [0.5, 0.6) is 0 Å². The second-order valence-electron chi connectivity index (χ2n) is 6.66. The first-order chi connectivity index (χ1) is 15.6. The third-order valence-electron chi connectivity index (χ3n) is 4.26. The molecule has 0 aliphatic heterocycles. The lowest BCUT2D eigenvalue weighted by molar-refractivity contribution is -0.144. The van der Waals surface area contributed by atoms with Gasteiger partial charge in [0.15, 0.2) is 23.4 Å². The Morgan fingerprint density at radius 2 is 1.78 bits per heavy atom. The zero-order valence-electron chi connectivity index (χ0n) is 17.1. The number of esters is 1. The molecule has 0 spiro atoms. The number of rotatable bonds is 8. The lowest BCUT2D eigenvalue weighted by atomic mass is 10.2. The predicted octanol–water partition coefficient (Wildman–Crippen LogP) is 3.50. The summed E-state index contributed by atoms with van der Waals surface area (Å²) in [4.78, 5) is 24.1. The largest absolute Gasteiger partial charge is 0.455 e. The molecule has 10 heteroatoms. The number of carbonyl (C=O) groups is 2. The van der Waals surface area contributed by atoms with Crippen molar-refractivity contribution < 1.29 is 18.8 Å². The molecule has 0 radical (unpaired) electrons. The summed E-state index contributed by atoms with van der Waals surface area (Å²) in [6.07, 6.45) is 0. The number of amides is 1. The monoisotopic (exact) mass is 449 g/mol. The van der Waals surface area contributed by atoms with E-state index in [0.717, 1.165) is 11.3 Å². The first-order valence-electron chi connectivity index (χ1n) is 9.68. The van der Waals surface area contributed by atoms with Gasteiger partial charge >= 0.3 is 5.97 Å². The van der Waals surface area contributed by atoms with Crippen LogP contribution < -0.4 is 5.32 Å². The first-order valence-corrected chi connectivity index (χ1v) is 10.7. The van der Waals surface area contributed by atoms with E-state index >= 15 is 0 Å². The number of carbonyl (C=O) groups excluding carboxylic acids is 2. The molecule has 1 amide bonds. The van der Waals surface area contributed by atoms with Crippen molar-refractivity contribution in [1.29, 1.82) is 0 Å². The number of hydrogen-bond donors (Lipinski definition) is 1. The van der Waals surface area contributed by atoms with Gasteiger partial charge in [0.1, 0.15) is 5.76 Å². The number of aryl methyl sites for hydroxylation is 1. The molecule has 4 rings (SSSR count). The fourth-order valence-electron chi connectivity index (χ4n) is 2.86. The van der Waals surface area contributed by atoms with Crippen LogP contribution in [0.4, 0.5) is 5.82 Å². The predicted molar refractivity (Wildman–Crippen MR) is 118 cm³/mol. The lowest BCUT2D eigenvalue weighted by Crippen LogP contribution is -2.21. The zero-order chi connectivity index (χ0) is 22.3. The van der Waals surface area contributed by atoms with Gasteiger partial charge in [-0.2, -0.15) is 0 Å². The van der Waals surface area contributed by atoms with Gasteiger partial charge in [0.05, 0.1) is 5.75 Å². The molecule has 4 aromatic rings. The van der Waals surface area contributed by atoms with Crippen LogP contribution >= 0.6 is 11.8 Å². The standard InChI is InChI=1S/C22H19N5O4S/c1-15-12-18(26-31-15)23-19(28)13-30-20(29)14-32-22-25-24-21(16-8-4-2-5-9-16)27(22)17-10-6-3-7-11-17/h2-12H,13-14H2,1H3,(H,23,26,28). The second kappa shape index (κ2) is 9.92. The summed E-state index contributed by atoms with van der Waals surface area (Å²) in [7, 11) is 0. The van der Waals surface area contributed by atoms with E-state index in [-0.39, 0.29) is 11.6 Å². The molecule has 2 aromatic carbocycles. The van der Waals surface area contributed by atoms with Crippen LogP contribution in [-0.2, 0) is 14.3 Å². The zero-order valence-corrected chi connectivity index (χ0v) is 17.9. The molecule has 0 saturated heterocycles. The third-order valence-corrected chi connectivity index (χ3v) is 5.16. The van der Waals surface area contributed by atoms with Crippen LogP contribution in [0.15, 0.2) is 76.4 Å². The van der Waals surface area contributed by atoms with Crippen LogP contribution in [0.3, 0.4) is 0 Å². The average molecular weight is 449 g/mol. The van der Waals surface area contributed by atoms with E-state index in [1.807, 2.05) is 65.2 Å². The van der Waals surface area contributed by atoms with Crippen LogP contribution in [0.2, 0.25) is 0 Å². The fourth-order valence-corrected chi connectivity index (χ4v) is 3.61. The maximum absolute atomic E-state index is 12.2. The molecular formula is C22H19N5O4S. The number of hydrogen-bond acceptors (Lipinski definition) is 8. The van der Waals surface area contributed by atoms with Gasteiger partial charge in [-0.25, -0.2) is 0 Å². The Morgan fingerprint density at radius 1 is 1.06 bits per heavy atom. The van der Waals surface area contributed by atoms with Gasteiger partial charge in [0, 0.05) is 17.3 Å². The van der Waals surface area contributed by atoms with E-state index in [9.17, 15) is 9.59 Å². The van der Waals surface area contributed by atoms with E-state index in [1.54, 1.807) is 13.0 Å². The Kier molecular flexibility index (Phi) is 6.61. The molecule has 0 aliphatic carbocycles. The Hall–Kier alpha value is -3.92. The van der Waals surface area contributed by atoms with Crippen molar-refractivity contribution in [2.24, 2.45) is 0 Å². The Bertz CT molecular complexity index is 1210. The molecule has 32 heavy (non-hydrogen) atoms. The summed E-state index contributed by atoms with van der Waals surface area (Å²) >= 11 is 1.18. The Balaban J connectivity index is 1.41. The molecule has 0 atom stereocenters. The van der Waals surface area contributed by atoms with Crippen molar-refractivity contribution in [3.05, 3.63) is 72.5 Å². The van der Waals surface area contributed by atoms with Gasteiger partial charge < -0.3 is 14.6 Å². The van der Waals surface area contributed by atoms with Crippen molar-refractivity contribution in [3.8, 4) is 17.1 Å². The highest BCUT2D eigenvalue weighted by molar-refractivity contribution is 7.99. The summed E-state index contributed by atoms with van der Waals surface area (Å²) in [6.45, 7) is 1.28. The van der Waals surface area contributed by atoms with E-state index in [0.29, 0.717) is 16.7 Å². The maximum atomic E-state index is 12.2. The third kappa shape index (κ3) is 5.22. The molecular weight excluding hydrogens is 430 g/mol. The number of anilines is 1. The van der Waals surface area contributed by atoms with Crippen LogP contribution in [-0.4, -0.2) is 44.2 Å². The van der Waals surface area contributed by atoms with Gasteiger partial charge in [-0.05, 0) is 19.1 Å². The first kappa shape index (κ1) is 21.3. The number of para-hydroxylation sites is 1. The summed E-state index contributed by atoms with van der Waals surface area (Å²) in [5.74, 6) is 0.403. The Morgan fingerprint density at radius 3 is 2.47 bits per heavy atom. The average Bonchev–Trinajstić information content (AvgIpc) is 3.43. The van der Waals surface area contributed by atoms with Gasteiger partial charge in [-0.3, -0.25) is 14.2 Å². The van der Waals surface area contributed by atoms with Gasteiger partial charge in [0.2, 0.25) is 0 Å². The minimum absolute atomic E-state index is 0.0316. The van der Waals surface area contributed by atoms with E-state index < -0.39 is 18.5 Å². The minimum Gasteiger partial charge on any atom is -0.455 e. The molecule has 162 valence electrons. The fraction of sp³-hybridized carbons (Fsp3) is 0.136. The molecule has 0 bridgehead atoms. The number of nitrogens with one attached hydrogen (secondary N) is 1. The topological polar surface area (TPSA) is 112 Å². The van der Waals surface area contributed by atoms with Crippen LogP contribution in [0, 0.1) is 6.92 Å². The van der Waals surface area contributed by atoms with Crippen molar-refractivity contribution in [3.63, 3.8) is 0 Å². The summed E-state index contributed by atoms with van der Waals surface area (Å²) < 4.78 is 11.8. The number of benzene rings is 2. The lowest BCUT2D eigenvalue weighted by Gasteiger charge is -2.10. The molecule has 0 aliphatic rings. The van der Waals surface area contributed by atoms with Crippen molar-refractivity contribution in [1.82, 2.24) is 19.9 Å². The van der Waals surface area contributed by atoms with Crippen molar-refractivity contribution in [2.45, 2.75) is 12.1 Å². The normalized spacial score (nSPS) is 10.7. The van der Waals surface area contributed by atoms with E-state index in [1.165, 1.54) is 11.8 Å². The van der Waals surface area contributed by atoms with Gasteiger partial charge in [-0.15, -0.1) is 10.2 Å². The molecule has 0 saturated carbocycles. The van der Waals surface area contributed by atoms with E-state index in [4.69, 9.17) is 9.26 Å². The second-order valence-corrected chi connectivity index (χ2v) is 7.61. The maximum Gasteiger partial charge on any atom is 0.316 e. The summed E-state index contributed by atoms with van der Waals surface area (Å²) in [5.41, 5.74) is 1.77. The molecule has 0 fully saturated rings. The quantitative estimate of drug-likeness (QED) is 0.321. The molecule has 2 heterocycles. The molecule has 2 aromatic heterocycles. The highest BCUT2D eigenvalue weighted by Crippen LogP contribution is 2.27. The highest BCUT2D eigenvalue weighted by atomic mass is 32.2.